The minimum absolute atomic E-state index is 0.210. The number of H-pyrrole nitrogens is 1. The number of aromatic nitrogens is 2. The number of aromatic amines is 1. The van der Waals surface area contributed by atoms with Crippen molar-refractivity contribution in [1.29, 1.82) is 0 Å². The highest BCUT2D eigenvalue weighted by molar-refractivity contribution is 5.93. The Morgan fingerprint density at radius 3 is 2.65 bits per heavy atom. The Balaban J connectivity index is 1.87. The van der Waals surface area contributed by atoms with Crippen LogP contribution < -0.4 is 16.4 Å². The van der Waals surface area contributed by atoms with Crippen molar-refractivity contribution in [2.75, 3.05) is 13.1 Å². The molecule has 1 aliphatic heterocycles. The normalized spacial score (nSPS) is 17.6. The summed E-state index contributed by atoms with van der Waals surface area (Å²) in [5.74, 6) is -4.26. The monoisotopic (exact) mass is 438 g/mol. The first-order chi connectivity index (χ1) is 14.7. The van der Waals surface area contributed by atoms with Gasteiger partial charge < -0.3 is 36.5 Å². The number of nitrogens with one attached hydrogen (secondary N) is 3. The molecular weight excluding hydrogens is 412 g/mol. The standard InChI is InChI=1S/C18H26N6O7/c19-11(6-10-7-20-9-22-10)16(28)21-8-14(25)24-5-1-2-13(24)17(29)23-12(18(30)31)3-4-15(26)27/h7,9,11-13H,1-6,8,19H2,(H,20,22)(H,21,28)(H,23,29)(H,26,27)(H,30,31). The summed E-state index contributed by atoms with van der Waals surface area (Å²) in [4.78, 5) is 67.0. The zero-order valence-electron chi connectivity index (χ0n) is 16.7. The fraction of sp³-hybridized carbons (Fsp3) is 0.556. The number of carboxylic acid groups (broad SMARTS) is 2. The highest BCUT2D eigenvalue weighted by Crippen LogP contribution is 2.18. The van der Waals surface area contributed by atoms with Crippen molar-refractivity contribution in [3.8, 4) is 0 Å². The maximum absolute atomic E-state index is 12.5. The molecule has 7 N–H and O–H groups in total. The van der Waals surface area contributed by atoms with Crippen LogP contribution in [0, 0.1) is 0 Å². The molecule has 3 atom stereocenters. The van der Waals surface area contributed by atoms with Crippen LogP contribution in [0.2, 0.25) is 0 Å². The number of aliphatic carboxylic acids is 2. The van der Waals surface area contributed by atoms with Crippen molar-refractivity contribution in [2.24, 2.45) is 5.73 Å². The average molecular weight is 438 g/mol. The van der Waals surface area contributed by atoms with Crippen LogP contribution in [0.4, 0.5) is 0 Å². The van der Waals surface area contributed by atoms with Gasteiger partial charge in [-0.15, -0.1) is 0 Å². The van der Waals surface area contributed by atoms with E-state index in [9.17, 15) is 29.1 Å². The van der Waals surface area contributed by atoms with Gasteiger partial charge in [0.05, 0.1) is 18.9 Å². The van der Waals surface area contributed by atoms with E-state index in [4.69, 9.17) is 10.8 Å². The molecule has 1 aromatic rings. The van der Waals surface area contributed by atoms with Gasteiger partial charge in [-0.3, -0.25) is 19.2 Å². The molecule has 1 saturated heterocycles. The second-order valence-corrected chi connectivity index (χ2v) is 7.18. The van der Waals surface area contributed by atoms with Crippen LogP contribution in [-0.2, 0) is 30.4 Å². The third-order valence-corrected chi connectivity index (χ3v) is 4.88. The summed E-state index contributed by atoms with van der Waals surface area (Å²) in [6, 6.07) is -3.16. The van der Waals surface area contributed by atoms with Gasteiger partial charge in [0.15, 0.2) is 0 Å². The first-order valence-electron chi connectivity index (χ1n) is 9.74. The van der Waals surface area contributed by atoms with Gasteiger partial charge in [0, 0.05) is 31.3 Å². The third-order valence-electron chi connectivity index (χ3n) is 4.88. The molecule has 2 rings (SSSR count). The fourth-order valence-electron chi connectivity index (χ4n) is 3.25. The molecule has 13 heteroatoms. The number of hydrogen-bond donors (Lipinski definition) is 6. The number of nitrogens with zero attached hydrogens (tertiary/aromatic N) is 2. The molecular formula is C18H26N6O7. The van der Waals surface area contributed by atoms with Crippen molar-refractivity contribution < 1.29 is 34.2 Å². The predicted octanol–water partition coefficient (Wildman–Crippen LogP) is -2.18. The molecule has 0 bridgehead atoms. The Labute approximate surface area is 177 Å². The van der Waals surface area contributed by atoms with Crippen LogP contribution in [0.3, 0.4) is 0 Å². The van der Waals surface area contributed by atoms with Crippen LogP contribution in [0.15, 0.2) is 12.5 Å². The van der Waals surface area contributed by atoms with Crippen LogP contribution in [0.1, 0.15) is 31.4 Å². The summed E-state index contributed by atoms with van der Waals surface area (Å²) < 4.78 is 0. The summed E-state index contributed by atoms with van der Waals surface area (Å²) in [6.45, 7) is -0.0828. The molecule has 1 aromatic heterocycles. The molecule has 1 aliphatic rings. The number of carbonyl (C=O) groups excluding carboxylic acids is 3. The lowest BCUT2D eigenvalue weighted by molar-refractivity contribution is -0.144. The topological polar surface area (TPSA) is 208 Å². The largest absolute Gasteiger partial charge is 0.481 e. The van der Waals surface area contributed by atoms with Crippen molar-refractivity contribution in [1.82, 2.24) is 25.5 Å². The number of likely N-dealkylation sites (tertiary alicyclic amines) is 1. The van der Waals surface area contributed by atoms with E-state index >= 15 is 0 Å². The van der Waals surface area contributed by atoms with E-state index in [1.807, 2.05) is 0 Å². The fourth-order valence-corrected chi connectivity index (χ4v) is 3.25. The van der Waals surface area contributed by atoms with Crippen molar-refractivity contribution in [3.05, 3.63) is 18.2 Å². The van der Waals surface area contributed by atoms with Crippen LogP contribution in [-0.4, -0.2) is 86.0 Å². The van der Waals surface area contributed by atoms with Crippen molar-refractivity contribution >= 4 is 29.7 Å². The van der Waals surface area contributed by atoms with Gasteiger partial charge in [-0.2, -0.15) is 0 Å². The van der Waals surface area contributed by atoms with E-state index in [0.29, 0.717) is 18.5 Å². The summed E-state index contributed by atoms with van der Waals surface area (Å²) >= 11 is 0. The Hall–Kier alpha value is -3.48. The number of carbonyl (C=O) groups is 5. The molecule has 0 spiro atoms. The zero-order valence-corrected chi connectivity index (χ0v) is 16.7. The van der Waals surface area contributed by atoms with Crippen molar-refractivity contribution in [3.63, 3.8) is 0 Å². The molecule has 170 valence electrons. The molecule has 1 fully saturated rings. The van der Waals surface area contributed by atoms with Gasteiger partial charge in [0.1, 0.15) is 12.1 Å². The Kier molecular flexibility index (Phi) is 8.49. The quantitative estimate of drug-likeness (QED) is 0.222. The lowest BCUT2D eigenvalue weighted by Gasteiger charge is -2.25. The smallest absolute Gasteiger partial charge is 0.326 e. The summed E-state index contributed by atoms with van der Waals surface area (Å²) in [7, 11) is 0. The average Bonchev–Trinajstić information content (AvgIpc) is 3.40. The molecule has 3 amide bonds. The van der Waals surface area contributed by atoms with Gasteiger partial charge in [-0.1, -0.05) is 0 Å². The number of amides is 3. The highest BCUT2D eigenvalue weighted by Gasteiger charge is 2.36. The lowest BCUT2D eigenvalue weighted by Crippen LogP contribution is -2.53. The van der Waals surface area contributed by atoms with E-state index in [1.165, 1.54) is 17.4 Å². The number of nitrogens with two attached hydrogens (primary N) is 1. The second-order valence-electron chi connectivity index (χ2n) is 7.18. The molecule has 31 heavy (non-hydrogen) atoms. The molecule has 0 radical (unpaired) electrons. The highest BCUT2D eigenvalue weighted by atomic mass is 16.4. The molecule has 0 saturated carbocycles. The molecule has 0 aliphatic carbocycles. The lowest BCUT2D eigenvalue weighted by atomic mass is 10.1. The van der Waals surface area contributed by atoms with E-state index in [-0.39, 0.29) is 25.9 Å². The molecule has 13 nitrogen and oxygen atoms in total. The summed E-state index contributed by atoms with van der Waals surface area (Å²) in [5.41, 5.74) is 6.48. The number of rotatable bonds is 11. The zero-order chi connectivity index (χ0) is 23.0. The first-order valence-corrected chi connectivity index (χ1v) is 9.74. The van der Waals surface area contributed by atoms with Gasteiger partial charge in [-0.25, -0.2) is 9.78 Å². The van der Waals surface area contributed by atoms with Crippen molar-refractivity contribution in [2.45, 2.75) is 50.2 Å². The van der Waals surface area contributed by atoms with Crippen LogP contribution in [0.25, 0.3) is 0 Å². The van der Waals surface area contributed by atoms with E-state index in [2.05, 4.69) is 20.6 Å². The van der Waals surface area contributed by atoms with Gasteiger partial charge >= 0.3 is 11.9 Å². The Morgan fingerprint density at radius 1 is 1.29 bits per heavy atom. The van der Waals surface area contributed by atoms with Gasteiger partial charge in [0.2, 0.25) is 17.7 Å². The summed E-state index contributed by atoms with van der Waals surface area (Å²) in [6.07, 6.45) is 3.36. The number of carboxylic acids is 2. The molecule has 2 heterocycles. The molecule has 0 aromatic carbocycles. The number of imidazole rings is 1. The van der Waals surface area contributed by atoms with Gasteiger partial charge in [-0.05, 0) is 19.3 Å². The summed E-state index contributed by atoms with van der Waals surface area (Å²) in [5, 5.41) is 22.6. The Morgan fingerprint density at radius 2 is 2.03 bits per heavy atom. The van der Waals surface area contributed by atoms with E-state index in [1.54, 1.807) is 0 Å². The third kappa shape index (κ3) is 7.06. The second kappa shape index (κ2) is 11.1. The SMILES string of the molecule is NC(Cc1cnc[nH]1)C(=O)NCC(=O)N1CCCC1C(=O)NC(CCC(=O)O)C(=O)O. The maximum atomic E-state index is 12.5. The predicted molar refractivity (Wildman–Crippen MR) is 104 cm³/mol. The molecule has 3 unspecified atom stereocenters. The minimum Gasteiger partial charge on any atom is -0.481 e. The first kappa shape index (κ1) is 23.8. The van der Waals surface area contributed by atoms with E-state index in [0.717, 1.165) is 0 Å². The van der Waals surface area contributed by atoms with E-state index < -0.39 is 54.2 Å². The maximum Gasteiger partial charge on any atom is 0.326 e. The minimum atomic E-state index is -1.37. The Bertz CT molecular complexity index is 812. The van der Waals surface area contributed by atoms with Gasteiger partial charge in [0.25, 0.3) is 0 Å². The van der Waals surface area contributed by atoms with Crippen LogP contribution in [0.5, 0.6) is 0 Å². The number of hydrogen-bond acceptors (Lipinski definition) is 7. The van der Waals surface area contributed by atoms with Crippen LogP contribution >= 0.6 is 0 Å².